The second kappa shape index (κ2) is 3.39. The summed E-state index contributed by atoms with van der Waals surface area (Å²) in [6.07, 6.45) is 0. The van der Waals surface area contributed by atoms with Crippen LogP contribution in [0.1, 0.15) is 5.56 Å². The Morgan fingerprint density at radius 2 is 2.10 bits per heavy atom. The van der Waals surface area contributed by atoms with E-state index in [4.69, 9.17) is 10.2 Å². The first-order chi connectivity index (χ1) is 4.84. The predicted molar refractivity (Wildman–Crippen MR) is 41.4 cm³/mol. The van der Waals surface area contributed by atoms with Crippen molar-refractivity contribution in [3.63, 3.8) is 0 Å². The van der Waals surface area contributed by atoms with Gasteiger partial charge >= 0.3 is 0 Å². The summed E-state index contributed by atoms with van der Waals surface area (Å²) in [5, 5.41) is 0. The maximum absolute atomic E-state index is 5.61. The highest BCUT2D eigenvalue weighted by Crippen LogP contribution is 2.10. The second-order valence-electron chi connectivity index (χ2n) is 1.99. The molecule has 0 aliphatic carbocycles. The molecule has 0 aliphatic heterocycles. The van der Waals surface area contributed by atoms with Gasteiger partial charge in [-0.15, -0.1) is 0 Å². The number of rotatable bonds is 2. The van der Waals surface area contributed by atoms with E-state index in [-0.39, 0.29) is 0 Å². The Balaban J connectivity index is 2.81. The molecule has 0 atom stereocenters. The molecule has 1 aromatic carbocycles. The number of benzene rings is 1. The van der Waals surface area contributed by atoms with E-state index in [2.05, 4.69) is 10.5 Å². The second-order valence-corrected chi connectivity index (χ2v) is 2.28. The number of nitrogen functional groups attached to an aromatic ring is 1. The van der Waals surface area contributed by atoms with E-state index in [1.807, 2.05) is 24.3 Å². The van der Waals surface area contributed by atoms with Crippen LogP contribution in [0, 0.1) is 0 Å². The van der Waals surface area contributed by atoms with Crippen molar-refractivity contribution in [1.82, 2.24) is 0 Å². The molecule has 0 unspecified atom stereocenters. The SMILES string of the molecule is Nc1ccccc1CO[Si]. The minimum Gasteiger partial charge on any atom is -0.414 e. The van der Waals surface area contributed by atoms with Crippen molar-refractivity contribution in [3.05, 3.63) is 29.8 Å². The molecule has 0 saturated carbocycles. The van der Waals surface area contributed by atoms with Gasteiger partial charge in [0.05, 0.1) is 6.61 Å². The molecule has 0 amide bonds. The van der Waals surface area contributed by atoms with Crippen LogP contribution in [0.4, 0.5) is 5.69 Å². The maximum Gasteiger partial charge on any atom is 0.246 e. The van der Waals surface area contributed by atoms with Crippen LogP contribution in [0.25, 0.3) is 0 Å². The maximum atomic E-state index is 5.61. The van der Waals surface area contributed by atoms with Gasteiger partial charge in [0, 0.05) is 5.69 Å². The van der Waals surface area contributed by atoms with Gasteiger partial charge in [-0.25, -0.2) is 0 Å². The minimum atomic E-state index is 0.504. The normalized spacial score (nSPS) is 9.70. The number of anilines is 1. The van der Waals surface area contributed by atoms with Crippen molar-refractivity contribution in [2.24, 2.45) is 0 Å². The van der Waals surface area contributed by atoms with Gasteiger partial charge in [0.2, 0.25) is 10.5 Å². The Bertz CT molecular complexity index is 215. The summed E-state index contributed by atoms with van der Waals surface area (Å²) >= 11 is 0. The van der Waals surface area contributed by atoms with Crippen LogP contribution < -0.4 is 5.73 Å². The first-order valence-electron chi connectivity index (χ1n) is 2.96. The quantitative estimate of drug-likeness (QED) is 0.501. The van der Waals surface area contributed by atoms with E-state index < -0.39 is 0 Å². The van der Waals surface area contributed by atoms with Crippen LogP contribution in [0.3, 0.4) is 0 Å². The lowest BCUT2D eigenvalue weighted by atomic mass is 10.2. The number of hydrogen-bond acceptors (Lipinski definition) is 2. The molecule has 0 bridgehead atoms. The molecule has 10 heavy (non-hydrogen) atoms. The lowest BCUT2D eigenvalue weighted by Crippen LogP contribution is -1.94. The Labute approximate surface area is 63.5 Å². The summed E-state index contributed by atoms with van der Waals surface area (Å²) in [5.74, 6) is 0. The van der Waals surface area contributed by atoms with Gasteiger partial charge in [0.25, 0.3) is 0 Å². The number of para-hydroxylation sites is 1. The third kappa shape index (κ3) is 1.59. The summed E-state index contributed by atoms with van der Waals surface area (Å²) in [7, 11) is 2.91. The molecule has 0 saturated heterocycles. The Hall–Kier alpha value is -0.803. The van der Waals surface area contributed by atoms with Crippen LogP contribution in [-0.2, 0) is 11.0 Å². The molecule has 51 valence electrons. The van der Waals surface area contributed by atoms with Crippen molar-refractivity contribution >= 4 is 16.2 Å². The van der Waals surface area contributed by atoms with Crippen molar-refractivity contribution in [2.45, 2.75) is 6.61 Å². The summed E-state index contributed by atoms with van der Waals surface area (Å²) in [6, 6.07) is 7.60. The summed E-state index contributed by atoms with van der Waals surface area (Å²) in [5.41, 5.74) is 7.37. The monoisotopic (exact) mass is 150 g/mol. The molecule has 0 fully saturated rings. The summed E-state index contributed by atoms with van der Waals surface area (Å²) < 4.78 is 4.73. The highest BCUT2D eigenvalue weighted by atomic mass is 28.2. The van der Waals surface area contributed by atoms with Crippen molar-refractivity contribution in [2.75, 3.05) is 5.73 Å². The molecule has 1 aromatic rings. The van der Waals surface area contributed by atoms with Crippen molar-refractivity contribution in [3.8, 4) is 0 Å². The first-order valence-corrected chi connectivity index (χ1v) is 3.37. The molecule has 1 rings (SSSR count). The lowest BCUT2D eigenvalue weighted by molar-refractivity contribution is 0.339. The van der Waals surface area contributed by atoms with Gasteiger partial charge in [-0.2, -0.15) is 0 Å². The summed E-state index contributed by atoms with van der Waals surface area (Å²) in [6.45, 7) is 0.504. The average Bonchev–Trinajstić information content (AvgIpc) is 1.94. The summed E-state index contributed by atoms with van der Waals surface area (Å²) in [4.78, 5) is 0. The third-order valence-electron chi connectivity index (χ3n) is 1.28. The largest absolute Gasteiger partial charge is 0.414 e. The molecule has 2 N–H and O–H groups in total. The van der Waals surface area contributed by atoms with Crippen LogP contribution in [0.2, 0.25) is 0 Å². The first kappa shape index (κ1) is 7.31. The van der Waals surface area contributed by atoms with Crippen LogP contribution in [0.5, 0.6) is 0 Å². The van der Waals surface area contributed by atoms with Gasteiger partial charge in [-0.3, -0.25) is 0 Å². The smallest absolute Gasteiger partial charge is 0.246 e. The van der Waals surface area contributed by atoms with E-state index in [0.29, 0.717) is 6.61 Å². The fourth-order valence-corrected chi connectivity index (χ4v) is 0.899. The number of hydrogen-bond donors (Lipinski definition) is 1. The highest BCUT2D eigenvalue weighted by Gasteiger charge is 1.93. The zero-order valence-corrected chi connectivity index (χ0v) is 6.50. The molecule has 0 aliphatic rings. The van der Waals surface area contributed by atoms with E-state index in [1.54, 1.807) is 0 Å². The lowest BCUT2D eigenvalue weighted by Gasteiger charge is -2.01. The van der Waals surface area contributed by atoms with Gasteiger partial charge in [-0.05, 0) is 11.6 Å². The van der Waals surface area contributed by atoms with Gasteiger partial charge in [0.15, 0.2) is 0 Å². The van der Waals surface area contributed by atoms with Crippen LogP contribution in [-0.4, -0.2) is 10.5 Å². The number of nitrogens with two attached hydrogens (primary N) is 1. The molecule has 3 radical (unpaired) electrons. The fourth-order valence-electron chi connectivity index (χ4n) is 0.743. The Kier molecular flexibility index (Phi) is 2.47. The third-order valence-corrected chi connectivity index (χ3v) is 1.43. The Morgan fingerprint density at radius 1 is 1.40 bits per heavy atom. The topological polar surface area (TPSA) is 35.2 Å². The minimum absolute atomic E-state index is 0.504. The van der Waals surface area contributed by atoms with Crippen LogP contribution >= 0.6 is 0 Å². The average molecular weight is 150 g/mol. The zero-order chi connectivity index (χ0) is 7.40. The zero-order valence-electron chi connectivity index (χ0n) is 5.50. The highest BCUT2D eigenvalue weighted by molar-refractivity contribution is 5.97. The molecule has 0 aromatic heterocycles. The molecular formula is C7H8NOSi. The van der Waals surface area contributed by atoms with E-state index in [9.17, 15) is 0 Å². The van der Waals surface area contributed by atoms with Crippen molar-refractivity contribution < 1.29 is 4.43 Å². The Morgan fingerprint density at radius 3 is 2.70 bits per heavy atom. The predicted octanol–water partition coefficient (Wildman–Crippen LogP) is 0.869. The molecule has 2 nitrogen and oxygen atoms in total. The van der Waals surface area contributed by atoms with Crippen molar-refractivity contribution in [1.29, 1.82) is 0 Å². The van der Waals surface area contributed by atoms with E-state index >= 15 is 0 Å². The standard InChI is InChI=1S/C7H8NOSi/c8-7-4-2-1-3-6(7)5-9-10/h1-4H,5,8H2. The molecule has 0 heterocycles. The fraction of sp³-hybridized carbons (Fsp3) is 0.143. The van der Waals surface area contributed by atoms with Crippen LogP contribution in [0.15, 0.2) is 24.3 Å². The van der Waals surface area contributed by atoms with E-state index in [0.717, 1.165) is 11.3 Å². The molecule has 3 heteroatoms. The van der Waals surface area contributed by atoms with E-state index in [1.165, 1.54) is 0 Å². The van der Waals surface area contributed by atoms with Gasteiger partial charge in [0.1, 0.15) is 0 Å². The molecular weight excluding hydrogens is 142 g/mol. The molecule has 0 spiro atoms. The van der Waals surface area contributed by atoms with Gasteiger partial charge in [-0.1, -0.05) is 18.2 Å². The van der Waals surface area contributed by atoms with Gasteiger partial charge < -0.3 is 10.2 Å².